The lowest BCUT2D eigenvalue weighted by Crippen LogP contribution is -2.52. The van der Waals surface area contributed by atoms with Crippen LogP contribution in [0.1, 0.15) is 5.56 Å². The van der Waals surface area contributed by atoms with Crippen LogP contribution in [0.25, 0.3) is 0 Å². The summed E-state index contributed by atoms with van der Waals surface area (Å²) in [5.74, 6) is -4.44. The Labute approximate surface area is 104 Å². The normalized spacial score (nSPS) is 13.1. The van der Waals surface area contributed by atoms with E-state index < -0.39 is 24.5 Å². The van der Waals surface area contributed by atoms with E-state index in [9.17, 15) is 13.6 Å². The first kappa shape index (κ1) is 14.5. The van der Waals surface area contributed by atoms with Crippen molar-refractivity contribution >= 4 is 5.97 Å². The lowest BCUT2D eigenvalue weighted by atomic mass is 10.1. The van der Waals surface area contributed by atoms with Crippen molar-refractivity contribution in [2.75, 3.05) is 13.6 Å². The third-order valence-electron chi connectivity index (χ3n) is 2.35. The molecule has 1 atom stereocenters. The van der Waals surface area contributed by atoms with Gasteiger partial charge >= 0.3 is 5.97 Å². The number of halogens is 2. The molecular formula is C12H16F2N2O2. The molecule has 1 aromatic carbocycles. The highest BCUT2D eigenvalue weighted by atomic mass is 19.3. The van der Waals surface area contributed by atoms with Gasteiger partial charge < -0.3 is 15.8 Å². The summed E-state index contributed by atoms with van der Waals surface area (Å²) in [6.07, 6.45) is 0. The zero-order chi connectivity index (χ0) is 13.6. The number of esters is 1. The minimum Gasteiger partial charge on any atom is -0.459 e. The Balaban J connectivity index is 2.50. The molecule has 0 saturated heterocycles. The molecule has 1 unspecified atom stereocenters. The second kappa shape index (κ2) is 6.42. The van der Waals surface area contributed by atoms with Gasteiger partial charge in [0.15, 0.2) is 6.04 Å². The van der Waals surface area contributed by atoms with E-state index in [0.29, 0.717) is 0 Å². The minimum absolute atomic E-state index is 0.0665. The highest BCUT2D eigenvalue weighted by molar-refractivity contribution is 5.76. The molecule has 0 aliphatic rings. The number of hydrogen-bond acceptors (Lipinski definition) is 4. The molecule has 0 bridgehead atoms. The molecule has 1 rings (SSSR count). The molecule has 100 valence electrons. The fraction of sp³-hybridized carbons (Fsp3) is 0.417. The predicted octanol–water partition coefficient (Wildman–Crippen LogP) is 0.912. The first-order chi connectivity index (χ1) is 8.47. The van der Waals surface area contributed by atoms with E-state index in [1.807, 2.05) is 0 Å². The van der Waals surface area contributed by atoms with Crippen LogP contribution in [0.15, 0.2) is 30.3 Å². The highest BCUT2D eigenvalue weighted by Gasteiger charge is 2.42. The Morgan fingerprint density at radius 3 is 2.61 bits per heavy atom. The average molecular weight is 258 g/mol. The van der Waals surface area contributed by atoms with E-state index in [2.05, 4.69) is 5.32 Å². The predicted molar refractivity (Wildman–Crippen MR) is 63.1 cm³/mol. The Morgan fingerprint density at radius 2 is 2.06 bits per heavy atom. The number of ether oxygens (including phenoxy) is 1. The number of nitrogens with one attached hydrogen (secondary N) is 1. The van der Waals surface area contributed by atoms with E-state index in [0.717, 1.165) is 5.56 Å². The maximum Gasteiger partial charge on any atom is 0.329 e. The second-order valence-corrected chi connectivity index (χ2v) is 3.86. The molecule has 0 aliphatic heterocycles. The third kappa shape index (κ3) is 4.05. The molecule has 0 aromatic heterocycles. The van der Waals surface area contributed by atoms with Gasteiger partial charge in [-0.1, -0.05) is 30.3 Å². The van der Waals surface area contributed by atoms with Crippen LogP contribution < -0.4 is 11.1 Å². The van der Waals surface area contributed by atoms with Crippen molar-refractivity contribution in [1.29, 1.82) is 0 Å². The van der Waals surface area contributed by atoms with Crippen LogP contribution >= 0.6 is 0 Å². The minimum atomic E-state index is -3.33. The number of alkyl halides is 2. The van der Waals surface area contributed by atoms with Gasteiger partial charge in [-0.15, -0.1) is 0 Å². The number of carbonyl (C=O) groups excluding carboxylic acids is 1. The van der Waals surface area contributed by atoms with Crippen molar-refractivity contribution < 1.29 is 18.3 Å². The largest absolute Gasteiger partial charge is 0.459 e. The standard InChI is InChI=1S/C12H16F2N2O2/c1-16-8-12(13,14)10(15)11(17)18-7-9-5-3-2-4-6-9/h2-6,10,16H,7-8,15H2,1H3. The number of nitrogens with two attached hydrogens (primary N) is 1. The van der Waals surface area contributed by atoms with Gasteiger partial charge in [-0.05, 0) is 12.6 Å². The van der Waals surface area contributed by atoms with Gasteiger partial charge in [-0.25, -0.2) is 8.78 Å². The Morgan fingerprint density at radius 1 is 1.44 bits per heavy atom. The van der Waals surface area contributed by atoms with Crippen molar-refractivity contribution in [3.63, 3.8) is 0 Å². The molecule has 0 aliphatic carbocycles. The van der Waals surface area contributed by atoms with Gasteiger partial charge in [0.1, 0.15) is 6.61 Å². The van der Waals surface area contributed by atoms with E-state index in [1.165, 1.54) is 7.05 Å². The van der Waals surface area contributed by atoms with E-state index in [4.69, 9.17) is 10.5 Å². The molecule has 0 radical (unpaired) electrons. The van der Waals surface area contributed by atoms with Crippen molar-refractivity contribution in [1.82, 2.24) is 5.32 Å². The van der Waals surface area contributed by atoms with Gasteiger partial charge in [0.2, 0.25) is 0 Å². The van der Waals surface area contributed by atoms with Gasteiger partial charge in [-0.3, -0.25) is 4.79 Å². The van der Waals surface area contributed by atoms with Crippen LogP contribution in [0.4, 0.5) is 8.78 Å². The quantitative estimate of drug-likeness (QED) is 0.744. The zero-order valence-corrected chi connectivity index (χ0v) is 10.0. The molecule has 0 spiro atoms. The Kier molecular flexibility index (Phi) is 5.18. The zero-order valence-electron chi connectivity index (χ0n) is 10.0. The van der Waals surface area contributed by atoms with Crippen LogP contribution in [0.3, 0.4) is 0 Å². The smallest absolute Gasteiger partial charge is 0.329 e. The average Bonchev–Trinajstić information content (AvgIpc) is 2.36. The molecular weight excluding hydrogens is 242 g/mol. The van der Waals surface area contributed by atoms with Gasteiger partial charge in [0, 0.05) is 0 Å². The molecule has 3 N–H and O–H groups in total. The summed E-state index contributed by atoms with van der Waals surface area (Å²) < 4.78 is 31.4. The van der Waals surface area contributed by atoms with E-state index in [1.54, 1.807) is 30.3 Å². The summed E-state index contributed by atoms with van der Waals surface area (Å²) in [6, 6.07) is 6.82. The van der Waals surface area contributed by atoms with Crippen molar-refractivity contribution in [3.8, 4) is 0 Å². The topological polar surface area (TPSA) is 64.3 Å². The van der Waals surface area contributed by atoms with Crippen LogP contribution in [-0.4, -0.2) is 31.5 Å². The fourth-order valence-electron chi connectivity index (χ4n) is 1.34. The van der Waals surface area contributed by atoms with E-state index >= 15 is 0 Å². The first-order valence-electron chi connectivity index (χ1n) is 5.46. The molecule has 6 heteroatoms. The van der Waals surface area contributed by atoms with Crippen LogP contribution in [0.5, 0.6) is 0 Å². The number of rotatable bonds is 6. The summed E-state index contributed by atoms with van der Waals surface area (Å²) in [4.78, 5) is 11.4. The number of hydrogen-bond donors (Lipinski definition) is 2. The molecule has 18 heavy (non-hydrogen) atoms. The molecule has 0 saturated carbocycles. The summed E-state index contributed by atoms with van der Waals surface area (Å²) in [5, 5.41) is 2.28. The lowest BCUT2D eigenvalue weighted by molar-refractivity contribution is -0.156. The lowest BCUT2D eigenvalue weighted by Gasteiger charge is -2.21. The molecule has 0 fully saturated rings. The van der Waals surface area contributed by atoms with Crippen molar-refractivity contribution in [2.45, 2.75) is 18.6 Å². The number of benzene rings is 1. The summed E-state index contributed by atoms with van der Waals surface area (Å²) in [5.41, 5.74) is 5.90. The Hall–Kier alpha value is -1.53. The van der Waals surface area contributed by atoms with Crippen molar-refractivity contribution in [3.05, 3.63) is 35.9 Å². The SMILES string of the molecule is CNCC(F)(F)C(N)C(=O)OCc1ccccc1. The fourth-order valence-corrected chi connectivity index (χ4v) is 1.34. The molecule has 0 heterocycles. The van der Waals surface area contributed by atoms with Crippen LogP contribution in [-0.2, 0) is 16.1 Å². The third-order valence-corrected chi connectivity index (χ3v) is 2.35. The highest BCUT2D eigenvalue weighted by Crippen LogP contribution is 2.17. The molecule has 0 amide bonds. The molecule has 1 aromatic rings. The monoisotopic (exact) mass is 258 g/mol. The van der Waals surface area contributed by atoms with Crippen LogP contribution in [0, 0.1) is 0 Å². The van der Waals surface area contributed by atoms with Crippen LogP contribution in [0.2, 0.25) is 0 Å². The summed E-state index contributed by atoms with van der Waals surface area (Å²) in [7, 11) is 1.36. The number of carbonyl (C=O) groups is 1. The maximum absolute atomic E-state index is 13.3. The molecule has 4 nitrogen and oxygen atoms in total. The summed E-state index contributed by atoms with van der Waals surface area (Å²) in [6.45, 7) is -0.738. The summed E-state index contributed by atoms with van der Waals surface area (Å²) >= 11 is 0. The second-order valence-electron chi connectivity index (χ2n) is 3.86. The van der Waals surface area contributed by atoms with Gasteiger partial charge in [-0.2, -0.15) is 0 Å². The van der Waals surface area contributed by atoms with E-state index in [-0.39, 0.29) is 6.61 Å². The Bertz CT molecular complexity index is 385. The van der Waals surface area contributed by atoms with Gasteiger partial charge in [0.25, 0.3) is 5.92 Å². The van der Waals surface area contributed by atoms with Gasteiger partial charge in [0.05, 0.1) is 6.54 Å². The first-order valence-corrected chi connectivity index (χ1v) is 5.46. The maximum atomic E-state index is 13.3. The van der Waals surface area contributed by atoms with Crippen molar-refractivity contribution in [2.24, 2.45) is 5.73 Å².